The molecule has 0 spiro atoms. The van der Waals surface area contributed by atoms with Crippen LogP contribution in [-0.2, 0) is 11.3 Å². The number of amides is 1. The van der Waals surface area contributed by atoms with Gasteiger partial charge in [0.25, 0.3) is 0 Å². The number of nitrogens with zero attached hydrogens (tertiary/aromatic N) is 1. The van der Waals surface area contributed by atoms with Crippen LogP contribution < -0.4 is 15.5 Å². The van der Waals surface area contributed by atoms with E-state index in [4.69, 9.17) is 11.6 Å². The van der Waals surface area contributed by atoms with Crippen molar-refractivity contribution in [3.8, 4) is 0 Å². The zero-order valence-electron chi connectivity index (χ0n) is 11.8. The van der Waals surface area contributed by atoms with E-state index in [-0.39, 0.29) is 12.1 Å². The number of hydrogen-bond acceptors (Lipinski definition) is 4. The Hall–Kier alpha value is -1.46. The van der Waals surface area contributed by atoms with Gasteiger partial charge in [0.15, 0.2) is 0 Å². The van der Waals surface area contributed by atoms with Crippen LogP contribution in [-0.4, -0.2) is 39.4 Å². The summed E-state index contributed by atoms with van der Waals surface area (Å²) >= 11 is 6.10. The van der Waals surface area contributed by atoms with E-state index in [1.54, 1.807) is 0 Å². The van der Waals surface area contributed by atoms with Crippen molar-refractivity contribution < 1.29 is 9.53 Å². The third-order valence-corrected chi connectivity index (χ3v) is 3.69. The fourth-order valence-corrected chi connectivity index (χ4v) is 2.66. The molecule has 6 heteroatoms. The molecule has 1 unspecified atom stereocenters. The van der Waals surface area contributed by atoms with Crippen LogP contribution in [0.2, 0.25) is 5.02 Å². The van der Waals surface area contributed by atoms with Crippen LogP contribution in [0.5, 0.6) is 0 Å². The van der Waals surface area contributed by atoms with E-state index in [1.165, 1.54) is 12.7 Å². The molecule has 1 atom stereocenters. The van der Waals surface area contributed by atoms with Crippen LogP contribution in [0.1, 0.15) is 12.0 Å². The van der Waals surface area contributed by atoms with E-state index in [0.29, 0.717) is 0 Å². The highest BCUT2D eigenvalue weighted by atomic mass is 35.5. The number of benzene rings is 1. The third-order valence-electron chi connectivity index (χ3n) is 3.45. The van der Waals surface area contributed by atoms with Crippen molar-refractivity contribution >= 4 is 23.4 Å². The maximum Gasteiger partial charge on any atom is 0.407 e. The summed E-state index contributed by atoms with van der Waals surface area (Å²) in [7, 11) is 3.30. The second kappa shape index (κ2) is 6.81. The normalized spacial score (nSPS) is 18.1. The Balaban J connectivity index is 2.09. The Kier molecular flexibility index (Phi) is 5.09. The van der Waals surface area contributed by atoms with Gasteiger partial charge in [-0.1, -0.05) is 17.7 Å². The molecule has 5 nitrogen and oxygen atoms in total. The summed E-state index contributed by atoms with van der Waals surface area (Å²) in [4.78, 5) is 13.5. The van der Waals surface area contributed by atoms with E-state index in [9.17, 15) is 4.79 Å². The van der Waals surface area contributed by atoms with Crippen LogP contribution in [0, 0.1) is 0 Å². The Bertz CT molecular complexity index is 481. The summed E-state index contributed by atoms with van der Waals surface area (Å²) in [6, 6.07) is 6.03. The van der Waals surface area contributed by atoms with Gasteiger partial charge in [0.1, 0.15) is 0 Å². The van der Waals surface area contributed by atoms with Crippen molar-refractivity contribution in [1.82, 2.24) is 10.6 Å². The predicted molar refractivity (Wildman–Crippen MR) is 80.4 cm³/mol. The first-order valence-corrected chi connectivity index (χ1v) is 7.04. The molecule has 1 heterocycles. The second-order valence-corrected chi connectivity index (χ2v) is 5.31. The van der Waals surface area contributed by atoms with Gasteiger partial charge < -0.3 is 20.3 Å². The number of halogens is 1. The quantitative estimate of drug-likeness (QED) is 0.892. The third kappa shape index (κ3) is 3.55. The summed E-state index contributed by atoms with van der Waals surface area (Å²) < 4.78 is 4.63. The molecule has 1 aromatic rings. The average molecular weight is 298 g/mol. The standard InChI is InChI=1S/C14H20ClN3O2/c1-16-8-10-3-4-11(15)7-13(10)18-6-5-12(9-18)17-14(19)20-2/h3-4,7,12,16H,5-6,8-9H2,1-2H3,(H,17,19). The molecule has 1 aromatic carbocycles. The van der Waals surface area contributed by atoms with Gasteiger partial charge in [0, 0.05) is 30.3 Å². The Labute approximate surface area is 124 Å². The van der Waals surface area contributed by atoms with Gasteiger partial charge in [-0.05, 0) is 31.2 Å². The minimum atomic E-state index is -0.376. The fraction of sp³-hybridized carbons (Fsp3) is 0.500. The zero-order chi connectivity index (χ0) is 14.5. The number of ether oxygens (including phenoxy) is 1. The number of anilines is 1. The summed E-state index contributed by atoms with van der Waals surface area (Å²) in [5, 5.41) is 6.73. The van der Waals surface area contributed by atoms with Gasteiger partial charge in [-0.2, -0.15) is 0 Å². The van der Waals surface area contributed by atoms with Gasteiger partial charge in [0.2, 0.25) is 0 Å². The van der Waals surface area contributed by atoms with Crippen LogP contribution in [0.15, 0.2) is 18.2 Å². The highest BCUT2D eigenvalue weighted by Crippen LogP contribution is 2.28. The van der Waals surface area contributed by atoms with Crippen molar-refractivity contribution in [2.45, 2.75) is 19.0 Å². The largest absolute Gasteiger partial charge is 0.453 e. The zero-order valence-corrected chi connectivity index (χ0v) is 12.5. The van der Waals surface area contributed by atoms with Crippen LogP contribution >= 0.6 is 11.6 Å². The number of nitrogens with one attached hydrogen (secondary N) is 2. The molecule has 0 aliphatic carbocycles. The van der Waals surface area contributed by atoms with Crippen LogP contribution in [0.4, 0.5) is 10.5 Å². The second-order valence-electron chi connectivity index (χ2n) is 4.87. The molecule has 1 aliphatic heterocycles. The molecule has 1 saturated heterocycles. The molecule has 0 aromatic heterocycles. The Morgan fingerprint density at radius 3 is 3.05 bits per heavy atom. The van der Waals surface area contributed by atoms with Gasteiger partial charge in [-0.25, -0.2) is 4.79 Å². The lowest BCUT2D eigenvalue weighted by atomic mass is 10.1. The van der Waals surface area contributed by atoms with Crippen molar-refractivity contribution in [2.24, 2.45) is 0 Å². The summed E-state index contributed by atoms with van der Waals surface area (Å²) in [6.07, 6.45) is 0.527. The first-order chi connectivity index (χ1) is 9.63. The molecular formula is C14H20ClN3O2. The predicted octanol–water partition coefficient (Wildman–Crippen LogP) is 1.99. The van der Waals surface area contributed by atoms with E-state index >= 15 is 0 Å². The smallest absolute Gasteiger partial charge is 0.407 e. The molecule has 0 saturated carbocycles. The van der Waals surface area contributed by atoms with Crippen molar-refractivity contribution in [2.75, 3.05) is 32.1 Å². The monoisotopic (exact) mass is 297 g/mol. The summed E-state index contributed by atoms with van der Waals surface area (Å²) in [6.45, 7) is 2.45. The Morgan fingerprint density at radius 2 is 2.35 bits per heavy atom. The van der Waals surface area contributed by atoms with E-state index in [1.807, 2.05) is 25.2 Å². The lowest BCUT2D eigenvalue weighted by Crippen LogP contribution is -2.37. The minimum Gasteiger partial charge on any atom is -0.453 e. The molecule has 110 valence electrons. The summed E-state index contributed by atoms with van der Waals surface area (Å²) in [5.41, 5.74) is 2.33. The van der Waals surface area contributed by atoms with E-state index in [0.717, 1.165) is 36.8 Å². The number of alkyl carbamates (subject to hydrolysis) is 1. The fourth-order valence-electron chi connectivity index (χ4n) is 2.49. The number of methoxy groups -OCH3 is 1. The average Bonchev–Trinajstić information content (AvgIpc) is 2.89. The SMILES string of the molecule is CNCc1ccc(Cl)cc1N1CCC(NC(=O)OC)C1. The molecular weight excluding hydrogens is 278 g/mol. The maximum atomic E-state index is 11.3. The molecule has 20 heavy (non-hydrogen) atoms. The molecule has 1 aliphatic rings. The van der Waals surface area contributed by atoms with Crippen LogP contribution in [0.3, 0.4) is 0 Å². The Morgan fingerprint density at radius 1 is 1.55 bits per heavy atom. The molecule has 1 fully saturated rings. The first kappa shape index (κ1) is 14.9. The summed E-state index contributed by atoms with van der Waals surface area (Å²) in [5.74, 6) is 0. The maximum absolute atomic E-state index is 11.3. The van der Waals surface area contributed by atoms with Gasteiger partial charge in [0.05, 0.1) is 13.2 Å². The molecule has 1 amide bonds. The van der Waals surface area contributed by atoms with Crippen molar-refractivity contribution in [3.63, 3.8) is 0 Å². The van der Waals surface area contributed by atoms with Gasteiger partial charge in [-0.3, -0.25) is 0 Å². The minimum absolute atomic E-state index is 0.115. The number of rotatable bonds is 4. The van der Waals surface area contributed by atoms with Gasteiger partial charge in [-0.15, -0.1) is 0 Å². The lowest BCUT2D eigenvalue weighted by Gasteiger charge is -2.22. The lowest BCUT2D eigenvalue weighted by molar-refractivity contribution is 0.167. The molecule has 0 radical (unpaired) electrons. The van der Waals surface area contributed by atoms with E-state index < -0.39 is 0 Å². The molecule has 2 N–H and O–H groups in total. The molecule has 2 rings (SSSR count). The molecule has 0 bridgehead atoms. The number of hydrogen-bond donors (Lipinski definition) is 2. The van der Waals surface area contributed by atoms with Crippen LogP contribution in [0.25, 0.3) is 0 Å². The first-order valence-electron chi connectivity index (χ1n) is 6.66. The topological polar surface area (TPSA) is 53.6 Å². The van der Waals surface area contributed by atoms with Gasteiger partial charge >= 0.3 is 6.09 Å². The number of carbonyl (C=O) groups is 1. The highest BCUT2D eigenvalue weighted by molar-refractivity contribution is 6.30. The van der Waals surface area contributed by atoms with Crippen molar-refractivity contribution in [1.29, 1.82) is 0 Å². The van der Waals surface area contributed by atoms with Crippen molar-refractivity contribution in [3.05, 3.63) is 28.8 Å². The number of carbonyl (C=O) groups excluding carboxylic acids is 1. The van der Waals surface area contributed by atoms with E-state index in [2.05, 4.69) is 20.3 Å². The highest BCUT2D eigenvalue weighted by Gasteiger charge is 2.25.